The first-order valence-electron chi connectivity index (χ1n) is 3.01. The van der Waals surface area contributed by atoms with E-state index in [2.05, 4.69) is 15.3 Å². The lowest BCUT2D eigenvalue weighted by Crippen LogP contribution is -2.11. The molecule has 0 unspecified atom stereocenters. The van der Waals surface area contributed by atoms with Crippen LogP contribution in [0.1, 0.15) is 6.92 Å². The molecule has 0 spiro atoms. The highest BCUT2D eigenvalue weighted by atomic mass is 16.1. The van der Waals surface area contributed by atoms with Gasteiger partial charge in [-0.2, -0.15) is 0 Å². The van der Waals surface area contributed by atoms with Gasteiger partial charge in [0.1, 0.15) is 5.82 Å². The lowest BCUT2D eigenvalue weighted by atomic mass is 10.6. The Bertz CT molecular complexity index is 297. The molecule has 1 aromatic rings. The van der Waals surface area contributed by atoms with Crippen molar-refractivity contribution in [2.75, 3.05) is 5.32 Å². The van der Waals surface area contributed by atoms with Crippen molar-refractivity contribution in [2.45, 2.75) is 6.92 Å². The van der Waals surface area contributed by atoms with Gasteiger partial charge in [-0.25, -0.2) is 4.98 Å². The van der Waals surface area contributed by atoms with E-state index in [0.29, 0.717) is 5.82 Å². The Labute approximate surface area is 62.5 Å². The molecule has 0 saturated carbocycles. The Hall–Kier alpha value is -1.65. The Morgan fingerprint density at radius 1 is 1.73 bits per heavy atom. The normalized spacial score (nSPS) is 9.18. The number of hydrogen-bond donors (Lipinski definition) is 2. The van der Waals surface area contributed by atoms with Crippen molar-refractivity contribution in [3.8, 4) is 0 Å². The number of nitrogens with one attached hydrogen (secondary N) is 2. The van der Waals surface area contributed by atoms with E-state index in [9.17, 15) is 9.59 Å². The minimum atomic E-state index is -0.292. The predicted molar refractivity (Wildman–Crippen MR) is 39.2 cm³/mol. The number of aromatic nitrogens is 2. The maximum Gasteiger partial charge on any atom is 0.266 e. The number of carbonyl (C=O) groups excluding carboxylic acids is 1. The summed E-state index contributed by atoms with van der Waals surface area (Å²) in [5.74, 6) is 0.127. The Morgan fingerprint density at radius 2 is 2.45 bits per heavy atom. The molecular weight excluding hydrogens is 146 g/mol. The number of aromatic amines is 1. The smallest absolute Gasteiger partial charge is 0.266 e. The molecule has 2 N–H and O–H groups in total. The lowest BCUT2D eigenvalue weighted by molar-refractivity contribution is -0.114. The van der Waals surface area contributed by atoms with E-state index in [1.165, 1.54) is 13.1 Å². The van der Waals surface area contributed by atoms with Crippen molar-refractivity contribution in [3.05, 3.63) is 22.7 Å². The molecule has 0 aliphatic carbocycles. The molecule has 0 aliphatic heterocycles. The molecular formula is C6H7N3O2. The topological polar surface area (TPSA) is 74.8 Å². The molecule has 0 saturated heterocycles. The van der Waals surface area contributed by atoms with Gasteiger partial charge >= 0.3 is 0 Å². The van der Waals surface area contributed by atoms with Gasteiger partial charge in [0.15, 0.2) is 0 Å². The molecule has 0 aliphatic rings. The summed E-state index contributed by atoms with van der Waals surface area (Å²) in [6, 6.07) is 0. The van der Waals surface area contributed by atoms with Crippen LogP contribution in [-0.4, -0.2) is 15.9 Å². The fraction of sp³-hybridized carbons (Fsp3) is 0.167. The second-order valence-corrected chi connectivity index (χ2v) is 1.98. The summed E-state index contributed by atoms with van der Waals surface area (Å²) < 4.78 is 0. The van der Waals surface area contributed by atoms with E-state index in [0.717, 1.165) is 6.20 Å². The zero-order chi connectivity index (χ0) is 8.27. The van der Waals surface area contributed by atoms with E-state index in [1.54, 1.807) is 0 Å². The van der Waals surface area contributed by atoms with Crippen molar-refractivity contribution in [2.24, 2.45) is 0 Å². The zero-order valence-corrected chi connectivity index (χ0v) is 5.92. The van der Waals surface area contributed by atoms with Crippen molar-refractivity contribution in [3.63, 3.8) is 0 Å². The third-order valence-electron chi connectivity index (χ3n) is 0.976. The second kappa shape index (κ2) is 2.96. The monoisotopic (exact) mass is 153 g/mol. The van der Waals surface area contributed by atoms with Crippen LogP contribution < -0.4 is 10.9 Å². The quantitative estimate of drug-likeness (QED) is 0.583. The highest BCUT2D eigenvalue weighted by Gasteiger charge is 1.94. The Morgan fingerprint density at radius 3 is 2.91 bits per heavy atom. The highest BCUT2D eigenvalue weighted by molar-refractivity contribution is 5.87. The van der Waals surface area contributed by atoms with Crippen molar-refractivity contribution in [1.82, 2.24) is 9.97 Å². The van der Waals surface area contributed by atoms with Gasteiger partial charge < -0.3 is 10.3 Å². The van der Waals surface area contributed by atoms with Crippen LogP contribution in [-0.2, 0) is 4.79 Å². The van der Waals surface area contributed by atoms with Crippen LogP contribution in [0.5, 0.6) is 0 Å². The van der Waals surface area contributed by atoms with Gasteiger partial charge in [0.2, 0.25) is 5.91 Å². The van der Waals surface area contributed by atoms with E-state index in [-0.39, 0.29) is 11.5 Å². The molecule has 0 bridgehead atoms. The van der Waals surface area contributed by atoms with Crippen LogP contribution in [0, 0.1) is 0 Å². The number of carbonyl (C=O) groups is 1. The molecule has 58 valence electrons. The highest BCUT2D eigenvalue weighted by Crippen LogP contribution is 1.93. The molecule has 1 heterocycles. The summed E-state index contributed by atoms with van der Waals surface area (Å²) in [7, 11) is 0. The largest absolute Gasteiger partial charge is 0.324 e. The second-order valence-electron chi connectivity index (χ2n) is 1.98. The summed E-state index contributed by atoms with van der Waals surface area (Å²) >= 11 is 0. The molecule has 1 aromatic heterocycles. The first-order valence-corrected chi connectivity index (χ1v) is 3.01. The predicted octanol–water partition coefficient (Wildman–Crippen LogP) is -0.272. The fourth-order valence-corrected chi connectivity index (χ4v) is 0.591. The van der Waals surface area contributed by atoms with Crippen LogP contribution in [0.15, 0.2) is 17.2 Å². The zero-order valence-electron chi connectivity index (χ0n) is 5.92. The first kappa shape index (κ1) is 7.46. The van der Waals surface area contributed by atoms with Gasteiger partial charge in [0.25, 0.3) is 5.56 Å². The first-order chi connectivity index (χ1) is 5.18. The molecule has 1 amide bonds. The molecule has 0 aromatic carbocycles. The van der Waals surface area contributed by atoms with Crippen molar-refractivity contribution >= 4 is 11.7 Å². The van der Waals surface area contributed by atoms with E-state index in [1.807, 2.05) is 0 Å². The van der Waals surface area contributed by atoms with E-state index < -0.39 is 0 Å². The SMILES string of the molecule is CC(=O)Nc1c[nH]c(=O)cn1. The summed E-state index contributed by atoms with van der Waals surface area (Å²) in [5, 5.41) is 2.41. The van der Waals surface area contributed by atoms with Gasteiger partial charge in [-0.3, -0.25) is 9.59 Å². The standard InChI is InChI=1S/C6H7N3O2/c1-4(10)9-5-2-8-6(11)3-7-5/h2-3H,1H3,(H,8,11)(H,7,9,10). The molecule has 11 heavy (non-hydrogen) atoms. The summed E-state index contributed by atoms with van der Waals surface area (Å²) in [4.78, 5) is 26.9. The van der Waals surface area contributed by atoms with Gasteiger partial charge in [0.05, 0.1) is 6.20 Å². The Kier molecular flexibility index (Phi) is 2.00. The Balaban J connectivity index is 2.82. The van der Waals surface area contributed by atoms with Crippen LogP contribution >= 0.6 is 0 Å². The number of rotatable bonds is 1. The number of hydrogen-bond acceptors (Lipinski definition) is 3. The van der Waals surface area contributed by atoms with Crippen LogP contribution in [0.25, 0.3) is 0 Å². The third kappa shape index (κ3) is 2.21. The average Bonchev–Trinajstić information content (AvgIpc) is 1.93. The van der Waals surface area contributed by atoms with Gasteiger partial charge in [-0.15, -0.1) is 0 Å². The number of nitrogens with zero attached hydrogens (tertiary/aromatic N) is 1. The lowest BCUT2D eigenvalue weighted by Gasteiger charge is -1.96. The number of anilines is 1. The maximum atomic E-state index is 10.5. The van der Waals surface area contributed by atoms with Crippen LogP contribution in [0.4, 0.5) is 5.82 Å². The summed E-state index contributed by atoms with van der Waals surface area (Å²) in [6.45, 7) is 1.37. The number of H-pyrrole nitrogens is 1. The maximum absolute atomic E-state index is 10.5. The van der Waals surface area contributed by atoms with E-state index >= 15 is 0 Å². The van der Waals surface area contributed by atoms with Crippen LogP contribution in [0.2, 0.25) is 0 Å². The van der Waals surface area contributed by atoms with E-state index in [4.69, 9.17) is 0 Å². The van der Waals surface area contributed by atoms with Gasteiger partial charge in [0, 0.05) is 13.1 Å². The summed E-state index contributed by atoms with van der Waals surface area (Å²) in [5.41, 5.74) is -0.292. The van der Waals surface area contributed by atoms with Gasteiger partial charge in [-0.05, 0) is 0 Å². The number of amides is 1. The molecule has 0 radical (unpaired) electrons. The molecule has 1 rings (SSSR count). The van der Waals surface area contributed by atoms with Crippen LogP contribution in [0.3, 0.4) is 0 Å². The van der Waals surface area contributed by atoms with Crippen molar-refractivity contribution < 1.29 is 4.79 Å². The molecule has 0 atom stereocenters. The molecule has 5 heteroatoms. The molecule has 0 fully saturated rings. The van der Waals surface area contributed by atoms with Gasteiger partial charge in [-0.1, -0.05) is 0 Å². The molecule has 5 nitrogen and oxygen atoms in total. The minimum absolute atomic E-state index is 0.218. The fourth-order valence-electron chi connectivity index (χ4n) is 0.591. The average molecular weight is 153 g/mol. The summed E-state index contributed by atoms with van der Waals surface area (Å²) in [6.07, 6.45) is 2.44. The third-order valence-corrected chi connectivity index (χ3v) is 0.976. The van der Waals surface area contributed by atoms with Crippen molar-refractivity contribution in [1.29, 1.82) is 0 Å². The minimum Gasteiger partial charge on any atom is -0.324 e.